The Morgan fingerprint density at radius 1 is 1.29 bits per heavy atom. The van der Waals surface area contributed by atoms with Gasteiger partial charge in [0.1, 0.15) is 11.2 Å². The van der Waals surface area contributed by atoms with Crippen molar-refractivity contribution in [1.82, 2.24) is 4.90 Å². The van der Waals surface area contributed by atoms with Crippen LogP contribution in [0.15, 0.2) is 18.2 Å². The van der Waals surface area contributed by atoms with Gasteiger partial charge in [-0.2, -0.15) is 0 Å². The minimum atomic E-state index is -0.835. The summed E-state index contributed by atoms with van der Waals surface area (Å²) in [6.07, 6.45) is 0.209. The fraction of sp³-hybridized carbons (Fsp3) is 0.588. The Morgan fingerprint density at radius 3 is 2.43 bits per heavy atom. The summed E-state index contributed by atoms with van der Waals surface area (Å²) < 4.78 is 5.30. The van der Waals surface area contributed by atoms with Crippen molar-refractivity contribution in [2.75, 3.05) is 13.1 Å². The van der Waals surface area contributed by atoms with Crippen LogP contribution in [0.4, 0.5) is 4.79 Å². The third kappa shape index (κ3) is 3.97. The average molecular weight is 291 g/mol. The van der Waals surface area contributed by atoms with Crippen LogP contribution >= 0.6 is 0 Å². The Balaban J connectivity index is 1.92. The van der Waals surface area contributed by atoms with E-state index in [2.05, 4.69) is 26.0 Å². The molecule has 0 aliphatic carbocycles. The smallest absolute Gasteiger partial charge is 0.410 e. The molecule has 1 aromatic rings. The molecular formula is C17H25NO3. The SMILES string of the molecule is Cc1ccc(CC2(O)CN(C(=O)OC(C)(C)C)C2)cc1C. The standard InChI is InChI=1S/C17H25NO3/c1-12-6-7-14(8-13(12)2)9-17(20)10-18(11-17)15(19)21-16(3,4)5/h6-8,20H,9-11H2,1-5H3. The van der Waals surface area contributed by atoms with E-state index in [1.165, 1.54) is 11.1 Å². The van der Waals surface area contributed by atoms with Crippen molar-refractivity contribution >= 4 is 6.09 Å². The molecule has 0 aromatic heterocycles. The second kappa shape index (κ2) is 5.34. The summed E-state index contributed by atoms with van der Waals surface area (Å²) in [6.45, 7) is 10.3. The molecule has 2 rings (SSSR count). The van der Waals surface area contributed by atoms with Gasteiger partial charge in [-0.05, 0) is 51.3 Å². The molecule has 0 atom stereocenters. The number of amides is 1. The number of β-amino-alcohol motifs (C(OH)–C–C–N with tert-alkyl or cyclic N) is 1. The monoisotopic (exact) mass is 291 g/mol. The Bertz CT molecular complexity index is 539. The Kier molecular flexibility index (Phi) is 4.02. The minimum Gasteiger partial charge on any atom is -0.444 e. The molecule has 4 heteroatoms. The normalized spacial score (nSPS) is 17.3. The predicted octanol–water partition coefficient (Wildman–Crippen LogP) is 2.83. The van der Waals surface area contributed by atoms with Crippen LogP contribution < -0.4 is 0 Å². The molecule has 1 saturated heterocycles. The summed E-state index contributed by atoms with van der Waals surface area (Å²) in [5.41, 5.74) is 2.23. The van der Waals surface area contributed by atoms with Crippen molar-refractivity contribution in [3.8, 4) is 0 Å². The van der Waals surface area contributed by atoms with E-state index in [1.807, 2.05) is 26.8 Å². The molecule has 1 amide bonds. The third-order valence-corrected chi connectivity index (χ3v) is 3.73. The van der Waals surface area contributed by atoms with Crippen LogP contribution in [-0.2, 0) is 11.2 Å². The first kappa shape index (κ1) is 15.8. The second-order valence-corrected chi connectivity index (χ2v) is 7.16. The Hall–Kier alpha value is -1.55. The zero-order chi connectivity index (χ0) is 15.8. The molecule has 1 fully saturated rings. The maximum absolute atomic E-state index is 11.9. The van der Waals surface area contributed by atoms with E-state index >= 15 is 0 Å². The van der Waals surface area contributed by atoms with Crippen molar-refractivity contribution < 1.29 is 14.6 Å². The molecule has 1 aliphatic rings. The van der Waals surface area contributed by atoms with Gasteiger partial charge in [-0.1, -0.05) is 18.2 Å². The zero-order valence-electron chi connectivity index (χ0n) is 13.6. The molecular weight excluding hydrogens is 266 g/mol. The van der Waals surface area contributed by atoms with Crippen molar-refractivity contribution in [3.63, 3.8) is 0 Å². The predicted molar refractivity (Wildman–Crippen MR) is 82.4 cm³/mol. The fourth-order valence-corrected chi connectivity index (χ4v) is 2.53. The van der Waals surface area contributed by atoms with Gasteiger partial charge in [0.25, 0.3) is 0 Å². The Morgan fingerprint density at radius 2 is 1.90 bits per heavy atom. The number of benzene rings is 1. The summed E-state index contributed by atoms with van der Waals surface area (Å²) in [4.78, 5) is 13.4. The summed E-state index contributed by atoms with van der Waals surface area (Å²) in [7, 11) is 0. The lowest BCUT2D eigenvalue weighted by atomic mass is 9.86. The topological polar surface area (TPSA) is 49.8 Å². The van der Waals surface area contributed by atoms with Crippen molar-refractivity contribution in [1.29, 1.82) is 0 Å². The van der Waals surface area contributed by atoms with Crippen LogP contribution in [-0.4, -0.2) is 40.4 Å². The van der Waals surface area contributed by atoms with Gasteiger partial charge in [-0.25, -0.2) is 4.79 Å². The van der Waals surface area contributed by atoms with Crippen LogP contribution in [0.5, 0.6) is 0 Å². The summed E-state index contributed by atoms with van der Waals surface area (Å²) in [5.74, 6) is 0. The number of hydrogen-bond donors (Lipinski definition) is 1. The number of rotatable bonds is 2. The number of ether oxygens (including phenoxy) is 1. The van der Waals surface area contributed by atoms with Crippen LogP contribution in [0, 0.1) is 13.8 Å². The maximum Gasteiger partial charge on any atom is 0.410 e. The Labute approximate surface area is 126 Å². The van der Waals surface area contributed by atoms with Crippen molar-refractivity contribution in [2.45, 2.75) is 52.2 Å². The number of carbonyl (C=O) groups is 1. The molecule has 21 heavy (non-hydrogen) atoms. The second-order valence-electron chi connectivity index (χ2n) is 7.16. The summed E-state index contributed by atoms with van der Waals surface area (Å²) >= 11 is 0. The molecule has 1 aliphatic heterocycles. The molecule has 1 heterocycles. The molecule has 4 nitrogen and oxygen atoms in total. The molecule has 1 N–H and O–H groups in total. The first-order valence-electron chi connectivity index (χ1n) is 7.34. The summed E-state index contributed by atoms with van der Waals surface area (Å²) in [5, 5.41) is 10.5. The molecule has 0 radical (unpaired) electrons. The molecule has 0 unspecified atom stereocenters. The number of hydrogen-bond acceptors (Lipinski definition) is 3. The van der Waals surface area contributed by atoms with Gasteiger partial charge in [-0.15, -0.1) is 0 Å². The highest BCUT2D eigenvalue weighted by Crippen LogP contribution is 2.27. The van der Waals surface area contributed by atoms with Gasteiger partial charge in [0, 0.05) is 6.42 Å². The fourth-order valence-electron chi connectivity index (χ4n) is 2.53. The minimum absolute atomic E-state index is 0.328. The highest BCUT2D eigenvalue weighted by atomic mass is 16.6. The highest BCUT2D eigenvalue weighted by molar-refractivity contribution is 5.69. The van der Waals surface area contributed by atoms with Gasteiger partial charge < -0.3 is 14.7 Å². The van der Waals surface area contributed by atoms with Gasteiger partial charge in [-0.3, -0.25) is 0 Å². The molecule has 0 saturated carbocycles. The lowest BCUT2D eigenvalue weighted by Crippen LogP contribution is -2.65. The number of aryl methyl sites for hydroxylation is 2. The number of carbonyl (C=O) groups excluding carboxylic acids is 1. The van der Waals surface area contributed by atoms with Gasteiger partial charge in [0.2, 0.25) is 0 Å². The number of aliphatic hydroxyl groups is 1. The summed E-state index contributed by atoms with van der Waals surface area (Å²) in [6, 6.07) is 6.21. The number of likely N-dealkylation sites (tertiary alicyclic amines) is 1. The van der Waals surface area contributed by atoms with Crippen LogP contribution in [0.3, 0.4) is 0 Å². The van der Waals surface area contributed by atoms with E-state index in [4.69, 9.17) is 4.74 Å². The quantitative estimate of drug-likeness (QED) is 0.911. The first-order valence-corrected chi connectivity index (χ1v) is 7.34. The third-order valence-electron chi connectivity index (χ3n) is 3.73. The lowest BCUT2D eigenvalue weighted by Gasteiger charge is -2.46. The van der Waals surface area contributed by atoms with Crippen LogP contribution in [0.2, 0.25) is 0 Å². The average Bonchev–Trinajstić information content (AvgIpc) is 2.28. The van der Waals surface area contributed by atoms with E-state index in [-0.39, 0.29) is 6.09 Å². The lowest BCUT2D eigenvalue weighted by molar-refractivity contribution is -0.0973. The van der Waals surface area contributed by atoms with Crippen LogP contribution in [0.1, 0.15) is 37.5 Å². The van der Waals surface area contributed by atoms with Crippen molar-refractivity contribution in [3.05, 3.63) is 34.9 Å². The molecule has 0 spiro atoms. The molecule has 116 valence electrons. The van der Waals surface area contributed by atoms with E-state index in [0.717, 1.165) is 5.56 Å². The van der Waals surface area contributed by atoms with E-state index < -0.39 is 11.2 Å². The molecule has 0 bridgehead atoms. The van der Waals surface area contributed by atoms with E-state index in [0.29, 0.717) is 19.5 Å². The van der Waals surface area contributed by atoms with Gasteiger partial charge in [0.05, 0.1) is 13.1 Å². The molecule has 1 aromatic carbocycles. The largest absolute Gasteiger partial charge is 0.444 e. The maximum atomic E-state index is 11.9. The van der Waals surface area contributed by atoms with E-state index in [9.17, 15) is 9.90 Å². The van der Waals surface area contributed by atoms with Gasteiger partial charge >= 0.3 is 6.09 Å². The van der Waals surface area contributed by atoms with Crippen LogP contribution in [0.25, 0.3) is 0 Å². The van der Waals surface area contributed by atoms with Crippen molar-refractivity contribution in [2.24, 2.45) is 0 Å². The number of nitrogens with zero attached hydrogens (tertiary/aromatic N) is 1. The van der Waals surface area contributed by atoms with Gasteiger partial charge in [0.15, 0.2) is 0 Å². The highest BCUT2D eigenvalue weighted by Gasteiger charge is 2.45. The zero-order valence-corrected chi connectivity index (χ0v) is 13.6. The first-order chi connectivity index (χ1) is 9.58. The van der Waals surface area contributed by atoms with E-state index in [1.54, 1.807) is 4.90 Å².